The first-order chi connectivity index (χ1) is 10.1. The van der Waals surface area contributed by atoms with Crippen LogP contribution in [0.5, 0.6) is 0 Å². The largest absolute Gasteiger partial charge is 0.295 e. The summed E-state index contributed by atoms with van der Waals surface area (Å²) in [6, 6.07) is 13.5. The molecular formula is C16H11BrN2OS. The quantitative estimate of drug-likeness (QED) is 0.500. The highest BCUT2D eigenvalue weighted by Crippen LogP contribution is 2.35. The van der Waals surface area contributed by atoms with Crippen molar-refractivity contribution < 1.29 is 4.79 Å². The average Bonchev–Trinajstić information content (AvgIpc) is 2.49. The highest BCUT2D eigenvalue weighted by Gasteiger charge is 2.09. The number of nitrogens with zero attached hydrogens (tertiary/aromatic N) is 2. The third kappa shape index (κ3) is 2.99. The van der Waals surface area contributed by atoms with Gasteiger partial charge >= 0.3 is 0 Å². The van der Waals surface area contributed by atoms with Gasteiger partial charge in [0.15, 0.2) is 5.78 Å². The first-order valence-electron chi connectivity index (χ1n) is 6.33. The number of benzene rings is 2. The molecule has 0 saturated heterocycles. The number of rotatable bonds is 3. The van der Waals surface area contributed by atoms with Gasteiger partial charge in [0.1, 0.15) is 11.4 Å². The van der Waals surface area contributed by atoms with E-state index < -0.39 is 0 Å². The second-order valence-corrected chi connectivity index (χ2v) is 6.38. The smallest absolute Gasteiger partial charge is 0.159 e. The van der Waals surface area contributed by atoms with E-state index in [0.29, 0.717) is 5.56 Å². The molecule has 3 nitrogen and oxygen atoms in total. The van der Waals surface area contributed by atoms with Crippen LogP contribution in [0, 0.1) is 0 Å². The Balaban J connectivity index is 2.01. The lowest BCUT2D eigenvalue weighted by molar-refractivity contribution is 0.101. The van der Waals surface area contributed by atoms with E-state index in [1.807, 2.05) is 42.5 Å². The summed E-state index contributed by atoms with van der Waals surface area (Å²) < 4.78 is 0.892. The van der Waals surface area contributed by atoms with Gasteiger partial charge in [-0.3, -0.25) is 4.79 Å². The fourth-order valence-electron chi connectivity index (χ4n) is 1.97. The van der Waals surface area contributed by atoms with Gasteiger partial charge in [0.05, 0.1) is 5.52 Å². The zero-order chi connectivity index (χ0) is 14.8. The molecule has 0 atom stereocenters. The Morgan fingerprint density at radius 2 is 1.95 bits per heavy atom. The van der Waals surface area contributed by atoms with E-state index >= 15 is 0 Å². The first kappa shape index (κ1) is 14.2. The lowest BCUT2D eigenvalue weighted by Crippen LogP contribution is -1.92. The molecule has 0 bridgehead atoms. The molecule has 0 aliphatic rings. The Bertz CT molecular complexity index is 830. The number of Topliss-reactive ketones (excluding diaryl/α,β-unsaturated/α-hetero) is 1. The van der Waals surface area contributed by atoms with Crippen molar-refractivity contribution in [3.8, 4) is 0 Å². The molecule has 1 heterocycles. The van der Waals surface area contributed by atoms with E-state index in [4.69, 9.17) is 0 Å². The molecular weight excluding hydrogens is 348 g/mol. The predicted molar refractivity (Wildman–Crippen MR) is 87.8 cm³/mol. The zero-order valence-electron chi connectivity index (χ0n) is 11.2. The highest BCUT2D eigenvalue weighted by molar-refractivity contribution is 9.10. The Morgan fingerprint density at radius 3 is 2.71 bits per heavy atom. The Labute approximate surface area is 134 Å². The summed E-state index contributed by atoms with van der Waals surface area (Å²) in [5.74, 6) is 0.0553. The molecule has 0 saturated carbocycles. The summed E-state index contributed by atoms with van der Waals surface area (Å²) in [5, 5.41) is 1.92. The number of para-hydroxylation sites is 1. The molecule has 21 heavy (non-hydrogen) atoms. The van der Waals surface area contributed by atoms with E-state index in [9.17, 15) is 4.79 Å². The van der Waals surface area contributed by atoms with Crippen molar-refractivity contribution in [2.24, 2.45) is 0 Å². The molecule has 2 aromatic carbocycles. The van der Waals surface area contributed by atoms with E-state index in [2.05, 4.69) is 25.9 Å². The van der Waals surface area contributed by atoms with Gasteiger partial charge in [-0.15, -0.1) is 0 Å². The number of carbonyl (C=O) groups is 1. The third-order valence-electron chi connectivity index (χ3n) is 3.05. The molecule has 0 aliphatic heterocycles. The molecule has 0 unspecified atom stereocenters. The molecule has 3 aromatic rings. The number of ketones is 1. The van der Waals surface area contributed by atoms with Crippen molar-refractivity contribution in [3.05, 3.63) is 58.8 Å². The number of halogens is 1. The summed E-state index contributed by atoms with van der Waals surface area (Å²) >= 11 is 5.08. The third-order valence-corrected chi connectivity index (χ3v) is 5.06. The van der Waals surface area contributed by atoms with Gasteiger partial charge in [-0.2, -0.15) is 0 Å². The molecule has 0 spiro atoms. The lowest BCUT2D eigenvalue weighted by atomic mass is 10.2. The van der Waals surface area contributed by atoms with Gasteiger partial charge in [0.25, 0.3) is 0 Å². The molecule has 3 rings (SSSR count). The maximum absolute atomic E-state index is 11.4. The van der Waals surface area contributed by atoms with Gasteiger partial charge in [0, 0.05) is 20.3 Å². The van der Waals surface area contributed by atoms with Crippen molar-refractivity contribution in [1.29, 1.82) is 0 Å². The van der Waals surface area contributed by atoms with Gasteiger partial charge in [0.2, 0.25) is 0 Å². The summed E-state index contributed by atoms with van der Waals surface area (Å²) in [6.45, 7) is 1.56. The predicted octanol–water partition coefficient (Wildman–Crippen LogP) is 4.75. The molecule has 0 amide bonds. The van der Waals surface area contributed by atoms with Crippen LogP contribution in [0.3, 0.4) is 0 Å². The highest BCUT2D eigenvalue weighted by atomic mass is 79.9. The van der Waals surface area contributed by atoms with Crippen LogP contribution in [0.2, 0.25) is 0 Å². The summed E-state index contributed by atoms with van der Waals surface area (Å²) in [7, 11) is 0. The van der Waals surface area contributed by atoms with Crippen LogP contribution in [0.4, 0.5) is 0 Å². The van der Waals surface area contributed by atoms with Crippen molar-refractivity contribution in [2.45, 2.75) is 16.8 Å². The Hall–Kier alpha value is -1.72. The van der Waals surface area contributed by atoms with Gasteiger partial charge in [-0.05, 0) is 41.1 Å². The van der Waals surface area contributed by atoms with Crippen molar-refractivity contribution in [3.63, 3.8) is 0 Å². The topological polar surface area (TPSA) is 42.9 Å². The van der Waals surface area contributed by atoms with E-state index in [1.54, 1.807) is 25.0 Å². The fraction of sp³-hybridized carbons (Fsp3) is 0.0625. The van der Waals surface area contributed by atoms with Crippen molar-refractivity contribution >= 4 is 44.4 Å². The van der Waals surface area contributed by atoms with Crippen LogP contribution < -0.4 is 0 Å². The minimum Gasteiger partial charge on any atom is -0.295 e. The van der Waals surface area contributed by atoms with Crippen LogP contribution >= 0.6 is 27.7 Å². The fourth-order valence-corrected chi connectivity index (χ4v) is 3.47. The van der Waals surface area contributed by atoms with Crippen LogP contribution in [-0.2, 0) is 0 Å². The van der Waals surface area contributed by atoms with Crippen LogP contribution in [-0.4, -0.2) is 15.8 Å². The van der Waals surface area contributed by atoms with Crippen molar-refractivity contribution in [2.75, 3.05) is 0 Å². The number of carbonyl (C=O) groups excluding carboxylic acids is 1. The van der Waals surface area contributed by atoms with Gasteiger partial charge < -0.3 is 0 Å². The second kappa shape index (κ2) is 5.95. The van der Waals surface area contributed by atoms with Gasteiger partial charge in [-0.25, -0.2) is 9.97 Å². The molecule has 0 aliphatic carbocycles. The average molecular weight is 359 g/mol. The summed E-state index contributed by atoms with van der Waals surface area (Å²) in [5.41, 5.74) is 1.62. The SMILES string of the molecule is CC(=O)c1ccc(Sc2ncnc3ccccc23)c(Br)c1. The molecule has 0 N–H and O–H groups in total. The molecule has 5 heteroatoms. The van der Waals surface area contributed by atoms with Crippen LogP contribution in [0.1, 0.15) is 17.3 Å². The molecule has 104 valence electrons. The summed E-state index contributed by atoms with van der Waals surface area (Å²) in [4.78, 5) is 21.0. The molecule has 0 fully saturated rings. The van der Waals surface area contributed by atoms with Crippen LogP contribution in [0.25, 0.3) is 10.9 Å². The zero-order valence-corrected chi connectivity index (χ0v) is 13.6. The van der Waals surface area contributed by atoms with Gasteiger partial charge in [-0.1, -0.05) is 36.0 Å². The number of fused-ring (bicyclic) bond motifs is 1. The standard InChI is InChI=1S/C16H11BrN2OS/c1-10(20)11-6-7-15(13(17)8-11)21-16-12-4-2-3-5-14(12)18-9-19-16/h2-9H,1H3. The Morgan fingerprint density at radius 1 is 1.14 bits per heavy atom. The second-order valence-electron chi connectivity index (χ2n) is 4.50. The normalized spacial score (nSPS) is 10.8. The Kier molecular flexibility index (Phi) is 4.03. The minimum atomic E-state index is 0.0553. The maximum Gasteiger partial charge on any atom is 0.159 e. The van der Waals surface area contributed by atoms with E-state index in [0.717, 1.165) is 25.3 Å². The lowest BCUT2D eigenvalue weighted by Gasteiger charge is -2.07. The van der Waals surface area contributed by atoms with E-state index in [1.165, 1.54) is 0 Å². The monoisotopic (exact) mass is 358 g/mol. The number of aromatic nitrogens is 2. The molecule has 1 aromatic heterocycles. The first-order valence-corrected chi connectivity index (χ1v) is 7.94. The number of hydrogen-bond donors (Lipinski definition) is 0. The summed E-state index contributed by atoms with van der Waals surface area (Å²) in [6.07, 6.45) is 1.57. The van der Waals surface area contributed by atoms with E-state index in [-0.39, 0.29) is 5.78 Å². The minimum absolute atomic E-state index is 0.0553. The van der Waals surface area contributed by atoms with Crippen LogP contribution in [0.15, 0.2) is 63.2 Å². The maximum atomic E-state index is 11.4. The number of hydrogen-bond acceptors (Lipinski definition) is 4. The molecule has 0 radical (unpaired) electrons. The van der Waals surface area contributed by atoms with Crippen molar-refractivity contribution in [1.82, 2.24) is 9.97 Å².